The summed E-state index contributed by atoms with van der Waals surface area (Å²) >= 11 is 0. The summed E-state index contributed by atoms with van der Waals surface area (Å²) in [4.78, 5) is 12.4. The van der Waals surface area contributed by atoms with E-state index < -0.39 is 0 Å². The van der Waals surface area contributed by atoms with Crippen LogP contribution in [0.4, 0.5) is 0 Å². The summed E-state index contributed by atoms with van der Waals surface area (Å²) in [6.07, 6.45) is 14.1. The van der Waals surface area contributed by atoms with E-state index in [-0.39, 0.29) is 5.41 Å². The van der Waals surface area contributed by atoms with Crippen molar-refractivity contribution in [3.05, 3.63) is 6.42 Å². The minimum atomic E-state index is 0.0607. The number of carbonyl (C=O) groups excluding carboxylic acids is 1. The van der Waals surface area contributed by atoms with Crippen molar-refractivity contribution in [2.75, 3.05) is 0 Å². The van der Waals surface area contributed by atoms with Crippen LogP contribution in [0.3, 0.4) is 0 Å². The molecule has 0 aromatic carbocycles. The molecule has 0 aliphatic heterocycles. The Balaban J connectivity index is 1.66. The molecule has 4 aliphatic carbocycles. The van der Waals surface area contributed by atoms with Gasteiger partial charge in [-0.25, -0.2) is 0 Å². The van der Waals surface area contributed by atoms with E-state index in [0.717, 1.165) is 30.1 Å². The third-order valence-electron chi connectivity index (χ3n) is 8.11. The molecular formula is C19H29O. The van der Waals surface area contributed by atoms with E-state index in [1.54, 1.807) is 0 Å². The zero-order valence-electron chi connectivity index (χ0n) is 13.2. The van der Waals surface area contributed by atoms with Crippen LogP contribution in [0.1, 0.15) is 71.6 Å². The van der Waals surface area contributed by atoms with Crippen molar-refractivity contribution in [2.24, 2.45) is 34.5 Å². The lowest BCUT2D eigenvalue weighted by atomic mass is 9.45. The van der Waals surface area contributed by atoms with Gasteiger partial charge in [0.15, 0.2) is 0 Å². The van der Waals surface area contributed by atoms with Gasteiger partial charge in [-0.2, -0.15) is 0 Å². The van der Waals surface area contributed by atoms with Crippen molar-refractivity contribution in [1.82, 2.24) is 0 Å². The van der Waals surface area contributed by atoms with Crippen molar-refractivity contribution in [3.63, 3.8) is 0 Å². The van der Waals surface area contributed by atoms with Gasteiger partial charge in [0.1, 0.15) is 5.78 Å². The topological polar surface area (TPSA) is 17.1 Å². The molecule has 0 spiro atoms. The molecule has 1 heteroatoms. The maximum absolute atomic E-state index is 12.4. The molecule has 4 fully saturated rings. The molecule has 4 aliphatic rings. The van der Waals surface area contributed by atoms with Gasteiger partial charge in [-0.3, -0.25) is 4.79 Å². The Bertz CT molecular complexity index is 427. The largest absolute Gasteiger partial charge is 0.299 e. The molecule has 0 aromatic rings. The number of hydrogen-bond acceptors (Lipinski definition) is 1. The fourth-order valence-electron chi connectivity index (χ4n) is 6.81. The first-order chi connectivity index (χ1) is 9.56. The second kappa shape index (κ2) is 4.34. The number of hydrogen-bond donors (Lipinski definition) is 0. The van der Waals surface area contributed by atoms with Gasteiger partial charge in [-0.15, -0.1) is 0 Å². The van der Waals surface area contributed by atoms with Crippen molar-refractivity contribution in [3.8, 4) is 0 Å². The van der Waals surface area contributed by atoms with Crippen LogP contribution < -0.4 is 0 Å². The van der Waals surface area contributed by atoms with Gasteiger partial charge in [-0.1, -0.05) is 13.8 Å². The van der Waals surface area contributed by atoms with Crippen molar-refractivity contribution >= 4 is 5.78 Å². The van der Waals surface area contributed by atoms with E-state index in [1.165, 1.54) is 51.4 Å². The first kappa shape index (κ1) is 13.3. The highest BCUT2D eigenvalue weighted by atomic mass is 16.1. The summed E-state index contributed by atoms with van der Waals surface area (Å²) in [7, 11) is 0. The molecule has 6 atom stereocenters. The average molecular weight is 273 g/mol. The smallest absolute Gasteiger partial charge is 0.139 e. The van der Waals surface area contributed by atoms with Crippen LogP contribution in [-0.2, 0) is 4.79 Å². The van der Waals surface area contributed by atoms with Crippen LogP contribution in [0.2, 0.25) is 0 Å². The van der Waals surface area contributed by atoms with E-state index >= 15 is 0 Å². The summed E-state index contributed by atoms with van der Waals surface area (Å²) in [5.41, 5.74) is 0.649. The maximum Gasteiger partial charge on any atom is 0.139 e. The Morgan fingerprint density at radius 1 is 1.05 bits per heavy atom. The lowest BCUT2D eigenvalue weighted by Crippen LogP contribution is -2.52. The molecule has 1 nitrogen and oxygen atoms in total. The second-order valence-electron chi connectivity index (χ2n) is 8.64. The Morgan fingerprint density at radius 3 is 2.75 bits per heavy atom. The van der Waals surface area contributed by atoms with Gasteiger partial charge in [0, 0.05) is 11.8 Å². The highest BCUT2D eigenvalue weighted by Gasteiger charge is 2.59. The maximum atomic E-state index is 12.4. The molecule has 20 heavy (non-hydrogen) atoms. The van der Waals surface area contributed by atoms with Crippen molar-refractivity contribution in [2.45, 2.75) is 71.6 Å². The summed E-state index contributed by atoms with van der Waals surface area (Å²) in [5, 5.41) is 0. The molecule has 111 valence electrons. The Labute approximate surface area is 123 Å². The van der Waals surface area contributed by atoms with E-state index in [9.17, 15) is 4.79 Å². The van der Waals surface area contributed by atoms with Crippen molar-refractivity contribution < 1.29 is 4.79 Å². The molecule has 0 N–H and O–H groups in total. The van der Waals surface area contributed by atoms with Crippen LogP contribution in [0.5, 0.6) is 0 Å². The number of rotatable bonds is 0. The molecule has 0 aromatic heterocycles. The molecule has 0 saturated heterocycles. The van der Waals surface area contributed by atoms with Gasteiger partial charge in [0.05, 0.1) is 0 Å². The lowest BCUT2D eigenvalue weighted by molar-refractivity contribution is -0.137. The Morgan fingerprint density at radius 2 is 1.90 bits per heavy atom. The zero-order chi connectivity index (χ0) is 14.0. The van der Waals surface area contributed by atoms with Gasteiger partial charge < -0.3 is 0 Å². The molecule has 0 heterocycles. The van der Waals surface area contributed by atoms with Gasteiger partial charge >= 0.3 is 0 Å². The SMILES string of the molecule is C[C@]12CC[CH]CC1CC[C@@H]1C2CC[C@]2(C)C(=O)CCC12. The number of Topliss-reactive ketones (excluding diaryl/α,β-unsaturated/α-hetero) is 1. The van der Waals surface area contributed by atoms with Crippen LogP contribution in [0.25, 0.3) is 0 Å². The molecule has 0 amide bonds. The first-order valence-corrected chi connectivity index (χ1v) is 8.91. The third kappa shape index (κ3) is 1.58. The molecular weight excluding hydrogens is 244 g/mol. The second-order valence-corrected chi connectivity index (χ2v) is 8.64. The Hall–Kier alpha value is -0.330. The highest BCUT2D eigenvalue weighted by molar-refractivity contribution is 5.87. The fraction of sp³-hybridized carbons (Fsp3) is 0.895. The van der Waals surface area contributed by atoms with Gasteiger partial charge in [0.25, 0.3) is 0 Å². The van der Waals surface area contributed by atoms with E-state index in [2.05, 4.69) is 20.3 Å². The zero-order valence-corrected chi connectivity index (χ0v) is 13.2. The number of fused-ring (bicyclic) bond motifs is 5. The molecule has 0 bridgehead atoms. The summed E-state index contributed by atoms with van der Waals surface area (Å²) in [5.74, 6) is 4.03. The minimum Gasteiger partial charge on any atom is -0.299 e. The minimum absolute atomic E-state index is 0.0607. The fourth-order valence-corrected chi connectivity index (χ4v) is 6.81. The standard InChI is InChI=1S/C19H29O/c1-18-11-4-3-5-13(18)6-7-14-15-8-9-17(20)19(15,2)12-10-16(14)18/h3,13-16H,4-12H2,1-2H3/t13?,14-,15?,16?,18-,19-/m0/s1. The normalized spacial score (nSPS) is 55.0. The number of ketones is 1. The molecule has 4 saturated carbocycles. The highest BCUT2D eigenvalue weighted by Crippen LogP contribution is 2.65. The van der Waals surface area contributed by atoms with Crippen molar-refractivity contribution in [1.29, 1.82) is 0 Å². The Kier molecular flexibility index (Phi) is 2.89. The quantitative estimate of drug-likeness (QED) is 0.619. The third-order valence-corrected chi connectivity index (χ3v) is 8.11. The summed E-state index contributed by atoms with van der Waals surface area (Å²) in [6.45, 7) is 4.90. The summed E-state index contributed by atoms with van der Waals surface area (Å²) < 4.78 is 0. The predicted molar refractivity (Wildman–Crippen MR) is 81.0 cm³/mol. The molecule has 1 radical (unpaired) electrons. The van der Waals surface area contributed by atoms with Crippen LogP contribution in [-0.4, -0.2) is 5.78 Å². The van der Waals surface area contributed by atoms with E-state index in [4.69, 9.17) is 0 Å². The number of carbonyl (C=O) groups is 1. The summed E-state index contributed by atoms with van der Waals surface area (Å²) in [6, 6.07) is 0. The molecule has 4 rings (SSSR count). The van der Waals surface area contributed by atoms with Gasteiger partial charge in [0.2, 0.25) is 0 Å². The van der Waals surface area contributed by atoms with E-state index in [1.807, 2.05) is 0 Å². The van der Waals surface area contributed by atoms with E-state index in [0.29, 0.717) is 11.2 Å². The van der Waals surface area contributed by atoms with Gasteiger partial charge in [-0.05, 0) is 86.9 Å². The predicted octanol–water partition coefficient (Wildman–Crippen LogP) is 4.80. The van der Waals surface area contributed by atoms with Crippen LogP contribution in [0, 0.1) is 40.9 Å². The first-order valence-electron chi connectivity index (χ1n) is 8.91. The molecule has 3 unspecified atom stereocenters. The van der Waals surface area contributed by atoms with Crippen LogP contribution in [0.15, 0.2) is 0 Å². The lowest BCUT2D eigenvalue weighted by Gasteiger charge is -2.59. The monoisotopic (exact) mass is 273 g/mol. The van der Waals surface area contributed by atoms with Crippen LogP contribution >= 0.6 is 0 Å². The average Bonchev–Trinajstić information content (AvgIpc) is 2.74.